The van der Waals surface area contributed by atoms with Crippen molar-refractivity contribution in [3.8, 4) is 0 Å². The van der Waals surface area contributed by atoms with Gasteiger partial charge in [-0.2, -0.15) is 0 Å². The Bertz CT molecular complexity index is 939. The summed E-state index contributed by atoms with van der Waals surface area (Å²) in [6, 6.07) is 11.7. The summed E-state index contributed by atoms with van der Waals surface area (Å²) in [4.78, 5) is 29.1. The summed E-state index contributed by atoms with van der Waals surface area (Å²) in [7, 11) is 1.36. The number of benzene rings is 1. The number of esters is 1. The van der Waals surface area contributed by atoms with Crippen molar-refractivity contribution >= 4 is 39.9 Å². The van der Waals surface area contributed by atoms with Crippen LogP contribution in [0.5, 0.6) is 0 Å². The fourth-order valence-corrected chi connectivity index (χ4v) is 5.81. The number of hydrogen-bond donors (Lipinski definition) is 1. The third-order valence-corrected chi connectivity index (χ3v) is 7.79. The minimum Gasteiger partial charge on any atom is -0.465 e. The number of ether oxygens (including phenoxy) is 1. The van der Waals surface area contributed by atoms with E-state index in [0.29, 0.717) is 24.5 Å². The number of rotatable bonds is 5. The third kappa shape index (κ3) is 3.82. The average molecular weight is 448 g/mol. The lowest BCUT2D eigenvalue weighted by molar-refractivity contribution is 0.0606. The van der Waals surface area contributed by atoms with E-state index in [-0.39, 0.29) is 23.5 Å². The van der Waals surface area contributed by atoms with Gasteiger partial charge in [-0.05, 0) is 55.5 Å². The van der Waals surface area contributed by atoms with Crippen LogP contribution in [0, 0.1) is 0 Å². The first-order chi connectivity index (χ1) is 14.5. The number of thiophene rings is 1. The monoisotopic (exact) mass is 447 g/mol. The van der Waals surface area contributed by atoms with Crippen LogP contribution < -0.4 is 10.6 Å². The van der Waals surface area contributed by atoms with E-state index < -0.39 is 0 Å². The molecule has 4 rings (SSSR count). The minimum absolute atomic E-state index is 0.0151. The van der Waals surface area contributed by atoms with E-state index in [2.05, 4.69) is 6.07 Å². The zero-order valence-corrected chi connectivity index (χ0v) is 18.5. The van der Waals surface area contributed by atoms with Crippen LogP contribution >= 0.6 is 22.9 Å². The highest BCUT2D eigenvalue weighted by Crippen LogP contribution is 2.42. The molecule has 1 aromatic carbocycles. The van der Waals surface area contributed by atoms with E-state index >= 15 is 0 Å². The lowest BCUT2D eigenvalue weighted by Gasteiger charge is -2.42. The van der Waals surface area contributed by atoms with Crippen LogP contribution in [0.15, 0.2) is 36.4 Å². The van der Waals surface area contributed by atoms with E-state index in [0.717, 1.165) is 35.7 Å². The number of anilines is 1. The Morgan fingerprint density at radius 1 is 1.27 bits per heavy atom. The first kappa shape index (κ1) is 21.2. The van der Waals surface area contributed by atoms with Crippen molar-refractivity contribution in [1.82, 2.24) is 4.90 Å². The maximum absolute atomic E-state index is 13.1. The quantitative estimate of drug-likeness (QED) is 0.694. The SMILES string of the molecule is COC(=O)c1ccc(N2CCN(C3CCC(CN)(c4cccc(Cl)c4)CC3)C2=O)s1. The molecule has 2 amide bonds. The van der Waals surface area contributed by atoms with E-state index in [1.807, 2.05) is 29.2 Å². The molecule has 1 aliphatic carbocycles. The molecule has 1 saturated carbocycles. The Morgan fingerprint density at radius 3 is 2.70 bits per heavy atom. The number of nitrogens with two attached hydrogens (primary N) is 1. The Morgan fingerprint density at radius 2 is 2.03 bits per heavy atom. The molecule has 6 nitrogen and oxygen atoms in total. The fraction of sp³-hybridized carbons (Fsp3) is 0.455. The van der Waals surface area contributed by atoms with Gasteiger partial charge in [0.2, 0.25) is 0 Å². The topological polar surface area (TPSA) is 75.9 Å². The normalized spacial score (nSPS) is 24.4. The third-order valence-electron chi connectivity index (χ3n) is 6.47. The summed E-state index contributed by atoms with van der Waals surface area (Å²) in [5.41, 5.74) is 7.33. The molecule has 160 valence electrons. The Labute approximate surface area is 185 Å². The number of halogens is 1. The molecule has 0 atom stereocenters. The van der Waals surface area contributed by atoms with Gasteiger partial charge in [0, 0.05) is 36.1 Å². The van der Waals surface area contributed by atoms with Gasteiger partial charge in [-0.15, -0.1) is 11.3 Å². The second-order valence-corrected chi connectivity index (χ2v) is 9.48. The van der Waals surface area contributed by atoms with Gasteiger partial charge in [0.05, 0.1) is 12.1 Å². The lowest BCUT2D eigenvalue weighted by Crippen LogP contribution is -2.46. The van der Waals surface area contributed by atoms with E-state index in [1.165, 1.54) is 24.0 Å². The highest BCUT2D eigenvalue weighted by atomic mass is 35.5. The first-order valence-corrected chi connectivity index (χ1v) is 11.4. The number of urea groups is 1. The minimum atomic E-state index is -0.374. The molecule has 0 radical (unpaired) electrons. The predicted octanol–water partition coefficient (Wildman–Crippen LogP) is 4.27. The first-order valence-electron chi connectivity index (χ1n) is 10.2. The van der Waals surface area contributed by atoms with Crippen LogP contribution in [0.25, 0.3) is 0 Å². The van der Waals surface area contributed by atoms with Crippen molar-refractivity contribution in [2.45, 2.75) is 37.1 Å². The van der Waals surface area contributed by atoms with Crippen molar-refractivity contribution in [2.75, 3.05) is 31.6 Å². The summed E-state index contributed by atoms with van der Waals surface area (Å²) in [5, 5.41) is 1.52. The smallest absolute Gasteiger partial charge is 0.348 e. The van der Waals surface area contributed by atoms with Crippen molar-refractivity contribution in [1.29, 1.82) is 0 Å². The van der Waals surface area contributed by atoms with Gasteiger partial charge in [0.25, 0.3) is 0 Å². The Kier molecular flexibility index (Phi) is 6.04. The molecule has 1 aromatic heterocycles. The van der Waals surface area contributed by atoms with E-state index in [4.69, 9.17) is 22.1 Å². The van der Waals surface area contributed by atoms with Gasteiger partial charge in [0.1, 0.15) is 4.88 Å². The number of nitrogens with zero attached hydrogens (tertiary/aromatic N) is 2. The summed E-state index contributed by atoms with van der Waals surface area (Å²) >= 11 is 7.50. The van der Waals surface area contributed by atoms with Crippen molar-refractivity contribution in [3.63, 3.8) is 0 Å². The molecule has 8 heteroatoms. The van der Waals surface area contributed by atoms with Crippen LogP contribution in [0.3, 0.4) is 0 Å². The largest absolute Gasteiger partial charge is 0.465 e. The molecule has 1 aliphatic heterocycles. The standard InChI is InChI=1S/C22H26ClN3O3S/c1-29-20(27)18-5-6-19(30-18)26-12-11-25(21(26)28)17-7-9-22(14-24,10-8-17)15-3-2-4-16(23)13-15/h2-6,13,17H,7-12,14,24H2,1H3. The number of carbonyl (C=O) groups is 2. The van der Waals surface area contributed by atoms with Gasteiger partial charge in [-0.1, -0.05) is 23.7 Å². The molecule has 0 bridgehead atoms. The molecular formula is C22H26ClN3O3S. The van der Waals surface area contributed by atoms with Crippen molar-refractivity contribution < 1.29 is 14.3 Å². The second-order valence-electron chi connectivity index (χ2n) is 7.98. The summed E-state index contributed by atoms with van der Waals surface area (Å²) in [6.07, 6.45) is 3.70. The number of methoxy groups -OCH3 is 1. The van der Waals surface area contributed by atoms with Gasteiger partial charge in [0.15, 0.2) is 0 Å². The van der Waals surface area contributed by atoms with Crippen LogP contribution in [0.2, 0.25) is 5.02 Å². The molecule has 1 saturated heterocycles. The van der Waals surface area contributed by atoms with E-state index in [9.17, 15) is 9.59 Å². The Hall–Kier alpha value is -2.09. The maximum Gasteiger partial charge on any atom is 0.348 e. The molecular weight excluding hydrogens is 422 g/mol. The summed E-state index contributed by atoms with van der Waals surface area (Å²) in [6.45, 7) is 1.90. The number of carbonyl (C=O) groups excluding carboxylic acids is 2. The van der Waals surface area contributed by atoms with E-state index in [1.54, 1.807) is 11.0 Å². The molecule has 2 N–H and O–H groups in total. The van der Waals surface area contributed by atoms with Crippen LogP contribution in [0.4, 0.5) is 9.80 Å². The van der Waals surface area contributed by atoms with Crippen LogP contribution in [-0.4, -0.2) is 49.7 Å². The molecule has 2 aromatic rings. The molecule has 2 heterocycles. The number of amides is 2. The molecule has 2 fully saturated rings. The zero-order valence-electron chi connectivity index (χ0n) is 17.0. The second kappa shape index (κ2) is 8.57. The van der Waals surface area contributed by atoms with Gasteiger partial charge in [-0.25, -0.2) is 9.59 Å². The van der Waals surface area contributed by atoms with Gasteiger partial charge in [-0.3, -0.25) is 4.90 Å². The van der Waals surface area contributed by atoms with Crippen LogP contribution in [0.1, 0.15) is 40.9 Å². The van der Waals surface area contributed by atoms with Crippen molar-refractivity contribution in [3.05, 3.63) is 51.9 Å². The van der Waals surface area contributed by atoms with Crippen molar-refractivity contribution in [2.24, 2.45) is 5.73 Å². The Balaban J connectivity index is 1.43. The zero-order chi connectivity index (χ0) is 21.3. The highest BCUT2D eigenvalue weighted by Gasteiger charge is 2.41. The summed E-state index contributed by atoms with van der Waals surface area (Å²) in [5.74, 6) is -0.374. The maximum atomic E-state index is 13.1. The summed E-state index contributed by atoms with van der Waals surface area (Å²) < 4.78 is 4.77. The average Bonchev–Trinajstić information content (AvgIpc) is 3.40. The van der Waals surface area contributed by atoms with Gasteiger partial charge < -0.3 is 15.4 Å². The molecule has 2 aliphatic rings. The number of hydrogen-bond acceptors (Lipinski definition) is 5. The molecule has 0 spiro atoms. The van der Waals surface area contributed by atoms with Crippen LogP contribution in [-0.2, 0) is 10.2 Å². The fourth-order valence-electron chi connectivity index (χ4n) is 4.68. The predicted molar refractivity (Wildman–Crippen MR) is 120 cm³/mol. The highest BCUT2D eigenvalue weighted by molar-refractivity contribution is 7.18. The lowest BCUT2D eigenvalue weighted by atomic mass is 9.68. The molecule has 30 heavy (non-hydrogen) atoms. The molecule has 0 unspecified atom stereocenters. The van der Waals surface area contributed by atoms with Gasteiger partial charge >= 0.3 is 12.0 Å².